The summed E-state index contributed by atoms with van der Waals surface area (Å²) < 4.78 is 29.3. The van der Waals surface area contributed by atoms with Crippen molar-refractivity contribution in [3.8, 4) is 0 Å². The third-order valence-electron chi connectivity index (χ3n) is 7.83. The topological polar surface area (TPSA) is 59.4 Å². The number of carbonyl (C=O) groups excluding carboxylic acids is 1. The maximum atomic E-state index is 14.1. The van der Waals surface area contributed by atoms with Gasteiger partial charge in [0.1, 0.15) is 4.75 Å². The summed E-state index contributed by atoms with van der Waals surface area (Å²) in [5.74, 6) is 0.161. The molecule has 4 heterocycles. The minimum Gasteiger partial charge on any atom is -0.366 e. The lowest BCUT2D eigenvalue weighted by Gasteiger charge is -2.38. The molecule has 7 rings (SSSR count). The number of hydrogen-bond donors (Lipinski definition) is 0. The van der Waals surface area contributed by atoms with Crippen molar-refractivity contribution in [1.82, 2.24) is 3.97 Å². The van der Waals surface area contributed by atoms with E-state index in [2.05, 4.69) is 26.9 Å². The van der Waals surface area contributed by atoms with Gasteiger partial charge >= 0.3 is 0 Å². The SMILES string of the molecule is Cc1ccc(S(=O)(=O)n2cc3c4c(cc(Br)cc42)N2CCCC2C2(C3)Sc3ccccc3C2=O)cc1. The molecule has 2 atom stereocenters. The highest BCUT2D eigenvalue weighted by atomic mass is 79.9. The number of ketones is 1. The molecule has 36 heavy (non-hydrogen) atoms. The fraction of sp³-hybridized carbons (Fsp3) is 0.250. The molecule has 0 N–H and O–H groups in total. The van der Waals surface area contributed by atoms with E-state index < -0.39 is 14.8 Å². The number of nitrogens with zero attached hydrogens (tertiary/aromatic N) is 2. The molecule has 2 unspecified atom stereocenters. The van der Waals surface area contributed by atoms with Crippen LogP contribution in [0.4, 0.5) is 5.69 Å². The lowest BCUT2D eigenvalue weighted by atomic mass is 9.84. The molecule has 182 valence electrons. The van der Waals surface area contributed by atoms with Crippen LogP contribution < -0.4 is 4.90 Å². The number of hydrogen-bond acceptors (Lipinski definition) is 5. The summed E-state index contributed by atoms with van der Waals surface area (Å²) in [7, 11) is -3.83. The number of halogens is 1. The molecule has 1 saturated heterocycles. The van der Waals surface area contributed by atoms with E-state index in [0.29, 0.717) is 11.9 Å². The zero-order chi connectivity index (χ0) is 24.8. The Kier molecular flexibility index (Phi) is 4.86. The van der Waals surface area contributed by atoms with Crippen molar-refractivity contribution in [2.24, 2.45) is 0 Å². The number of aromatic nitrogens is 1. The number of benzene rings is 3. The summed E-state index contributed by atoms with van der Waals surface area (Å²) in [4.78, 5) is 17.7. The quantitative estimate of drug-likeness (QED) is 0.283. The van der Waals surface area contributed by atoms with Crippen LogP contribution in [-0.4, -0.2) is 35.5 Å². The van der Waals surface area contributed by atoms with Crippen molar-refractivity contribution in [3.63, 3.8) is 0 Å². The molecule has 3 aromatic carbocycles. The van der Waals surface area contributed by atoms with E-state index in [4.69, 9.17) is 0 Å². The molecule has 4 aromatic rings. The van der Waals surface area contributed by atoms with Gasteiger partial charge in [0.2, 0.25) is 0 Å². The van der Waals surface area contributed by atoms with Gasteiger partial charge in [-0.15, -0.1) is 11.8 Å². The summed E-state index contributed by atoms with van der Waals surface area (Å²) in [5.41, 5.74) is 4.35. The minimum absolute atomic E-state index is 0.0504. The molecule has 0 saturated carbocycles. The second-order valence-electron chi connectivity index (χ2n) is 9.93. The molecule has 8 heteroatoms. The van der Waals surface area contributed by atoms with Gasteiger partial charge in [-0.25, -0.2) is 12.4 Å². The lowest BCUT2D eigenvalue weighted by Crippen LogP contribution is -2.51. The highest BCUT2D eigenvalue weighted by Gasteiger charge is 2.56. The fourth-order valence-electron chi connectivity index (χ4n) is 6.23. The Hall–Kier alpha value is -2.55. The summed E-state index contributed by atoms with van der Waals surface area (Å²) >= 11 is 5.32. The molecular weight excluding hydrogens is 556 g/mol. The second kappa shape index (κ2) is 7.73. The van der Waals surface area contributed by atoms with E-state index in [-0.39, 0.29) is 16.7 Å². The van der Waals surface area contributed by atoms with Crippen molar-refractivity contribution in [2.75, 3.05) is 11.4 Å². The predicted molar refractivity (Wildman–Crippen MR) is 147 cm³/mol. The van der Waals surface area contributed by atoms with E-state index in [1.165, 1.54) is 3.97 Å². The largest absolute Gasteiger partial charge is 0.366 e. The van der Waals surface area contributed by atoms with E-state index in [1.54, 1.807) is 30.1 Å². The number of aryl methyl sites for hydroxylation is 1. The first-order valence-corrected chi connectivity index (χ1v) is 15.1. The highest BCUT2D eigenvalue weighted by Crippen LogP contribution is 2.56. The smallest absolute Gasteiger partial charge is 0.268 e. The predicted octanol–water partition coefficient (Wildman–Crippen LogP) is 6.20. The van der Waals surface area contributed by atoms with E-state index in [9.17, 15) is 13.2 Å². The average molecular weight is 580 g/mol. The molecule has 1 spiro atoms. The summed E-state index contributed by atoms with van der Waals surface area (Å²) in [6.45, 7) is 2.78. The van der Waals surface area contributed by atoms with E-state index >= 15 is 0 Å². The molecule has 3 aliphatic heterocycles. The summed E-state index contributed by atoms with van der Waals surface area (Å²) in [6.07, 6.45) is 4.19. The molecule has 5 nitrogen and oxygen atoms in total. The summed E-state index contributed by atoms with van der Waals surface area (Å²) in [5, 5.41) is 0.932. The third kappa shape index (κ3) is 3.01. The zero-order valence-corrected chi connectivity index (χ0v) is 22.8. The molecule has 1 aromatic heterocycles. The minimum atomic E-state index is -3.83. The maximum absolute atomic E-state index is 14.1. The van der Waals surface area contributed by atoms with Gasteiger partial charge in [0.05, 0.1) is 16.5 Å². The molecular formula is C28H23BrN2O3S2. The van der Waals surface area contributed by atoms with Crippen LogP contribution >= 0.6 is 27.7 Å². The van der Waals surface area contributed by atoms with Gasteiger partial charge in [-0.1, -0.05) is 51.8 Å². The Labute approximate surface area is 222 Å². The molecule has 0 bridgehead atoms. The van der Waals surface area contributed by atoms with Crippen LogP contribution in [0.3, 0.4) is 0 Å². The van der Waals surface area contributed by atoms with Gasteiger partial charge in [0.15, 0.2) is 5.78 Å². The van der Waals surface area contributed by atoms with Crippen molar-refractivity contribution in [2.45, 2.75) is 46.8 Å². The van der Waals surface area contributed by atoms with Crippen LogP contribution in [0, 0.1) is 6.92 Å². The number of thioether (sulfide) groups is 1. The van der Waals surface area contributed by atoms with Gasteiger partial charge in [-0.3, -0.25) is 4.79 Å². The van der Waals surface area contributed by atoms with Crippen molar-refractivity contribution < 1.29 is 13.2 Å². The zero-order valence-electron chi connectivity index (χ0n) is 19.6. The maximum Gasteiger partial charge on any atom is 0.268 e. The normalized spacial score (nSPS) is 22.8. The van der Waals surface area contributed by atoms with E-state index in [1.807, 2.05) is 49.4 Å². The Morgan fingerprint density at radius 1 is 1.08 bits per heavy atom. The number of fused-ring (bicyclic) bond motifs is 4. The van der Waals surface area contributed by atoms with Crippen LogP contribution in [0.5, 0.6) is 0 Å². The molecule has 0 aliphatic carbocycles. The Morgan fingerprint density at radius 2 is 1.86 bits per heavy atom. The third-order valence-corrected chi connectivity index (χ3v) is 11.5. The fourth-order valence-corrected chi connectivity index (χ4v) is 9.66. The van der Waals surface area contributed by atoms with Gasteiger partial charge < -0.3 is 4.90 Å². The second-order valence-corrected chi connectivity index (χ2v) is 14.0. The monoisotopic (exact) mass is 578 g/mol. The van der Waals surface area contributed by atoms with Crippen molar-refractivity contribution in [3.05, 3.63) is 88.0 Å². The van der Waals surface area contributed by atoms with Crippen molar-refractivity contribution >= 4 is 60.1 Å². The molecule has 3 aliphatic rings. The van der Waals surface area contributed by atoms with Gasteiger partial charge in [-0.05, 0) is 62.1 Å². The Balaban J connectivity index is 1.48. The van der Waals surface area contributed by atoms with Gasteiger partial charge in [0.25, 0.3) is 10.0 Å². The number of Topliss-reactive ketones (excluding diaryl/α,β-unsaturated/α-hetero) is 1. The van der Waals surface area contributed by atoms with Gasteiger partial charge in [-0.2, -0.15) is 0 Å². The van der Waals surface area contributed by atoms with Crippen LogP contribution in [0.2, 0.25) is 0 Å². The number of anilines is 1. The lowest BCUT2D eigenvalue weighted by molar-refractivity contribution is 0.0932. The first kappa shape index (κ1) is 22.6. The number of rotatable bonds is 2. The summed E-state index contributed by atoms with van der Waals surface area (Å²) in [6, 6.07) is 18.8. The van der Waals surface area contributed by atoms with Crippen molar-refractivity contribution in [1.29, 1.82) is 0 Å². The standard InChI is InChI=1S/C28H23BrN2O3S2/c1-17-8-10-20(11-9-17)36(33,34)31-16-18-15-28(27(32)21-5-2-3-6-24(21)35-28)25-7-4-12-30(25)22-13-19(29)14-23(31)26(18)22/h2-3,5-6,8-11,13-14,16,25H,4,7,12,15H2,1H3. The molecule has 0 amide bonds. The van der Waals surface area contributed by atoms with Gasteiger partial charge in [0, 0.05) is 38.7 Å². The first-order chi connectivity index (χ1) is 17.3. The Bertz CT molecular complexity index is 1690. The van der Waals surface area contributed by atoms with Crippen LogP contribution in [0.15, 0.2) is 81.1 Å². The van der Waals surface area contributed by atoms with Crippen LogP contribution in [-0.2, 0) is 16.4 Å². The Morgan fingerprint density at radius 3 is 2.64 bits per heavy atom. The number of carbonyl (C=O) groups is 1. The van der Waals surface area contributed by atoms with E-state index in [0.717, 1.165) is 56.5 Å². The van der Waals surface area contributed by atoms with Crippen LogP contribution in [0.1, 0.15) is 34.3 Å². The van der Waals surface area contributed by atoms with Crippen LogP contribution in [0.25, 0.3) is 10.9 Å². The average Bonchev–Trinajstić information content (AvgIpc) is 3.54. The first-order valence-electron chi connectivity index (χ1n) is 12.0. The molecule has 0 radical (unpaired) electrons. The molecule has 1 fully saturated rings. The highest BCUT2D eigenvalue weighted by molar-refractivity contribution is 9.10.